The minimum absolute atomic E-state index is 0.0875. The summed E-state index contributed by atoms with van der Waals surface area (Å²) in [6.07, 6.45) is 1.92. The highest BCUT2D eigenvalue weighted by atomic mass is 32.2. The number of aryl methyl sites for hydroxylation is 1. The molecule has 1 unspecified atom stereocenters. The molecule has 1 atom stereocenters. The Kier molecular flexibility index (Phi) is 4.98. The molecule has 6 heteroatoms. The Morgan fingerprint density at radius 1 is 1.56 bits per heavy atom. The number of nitro benzene ring substituents is 1. The van der Waals surface area contributed by atoms with Crippen LogP contribution in [0.4, 0.5) is 11.4 Å². The molecule has 0 aromatic heterocycles. The van der Waals surface area contributed by atoms with Crippen LogP contribution in [-0.4, -0.2) is 34.2 Å². The third-order valence-corrected chi connectivity index (χ3v) is 3.45. The molecule has 5 nitrogen and oxygen atoms in total. The first-order valence-electron chi connectivity index (χ1n) is 5.56. The first-order valence-corrected chi connectivity index (χ1v) is 6.95. The fourth-order valence-electron chi connectivity index (χ4n) is 1.57. The fraction of sp³-hybridized carbons (Fsp3) is 0.500. The van der Waals surface area contributed by atoms with Gasteiger partial charge in [-0.1, -0.05) is 6.07 Å². The van der Waals surface area contributed by atoms with E-state index in [1.807, 2.05) is 6.26 Å². The highest BCUT2D eigenvalue weighted by molar-refractivity contribution is 7.98. The molecule has 2 N–H and O–H groups in total. The summed E-state index contributed by atoms with van der Waals surface area (Å²) >= 11 is 1.56. The molecular formula is C12H18N2O3S. The van der Waals surface area contributed by atoms with Crippen LogP contribution >= 0.6 is 11.8 Å². The molecule has 0 saturated carbocycles. The molecule has 0 bridgehead atoms. The lowest BCUT2D eigenvalue weighted by Crippen LogP contribution is -2.36. The van der Waals surface area contributed by atoms with E-state index in [0.29, 0.717) is 23.5 Å². The van der Waals surface area contributed by atoms with Gasteiger partial charge in [-0.05, 0) is 26.2 Å². The summed E-state index contributed by atoms with van der Waals surface area (Å²) in [4.78, 5) is 10.4. The predicted molar refractivity (Wildman–Crippen MR) is 75.3 cm³/mol. The van der Waals surface area contributed by atoms with Crippen LogP contribution in [0.5, 0.6) is 0 Å². The number of benzene rings is 1. The topological polar surface area (TPSA) is 75.4 Å². The molecule has 1 rings (SSSR count). The second-order valence-electron chi connectivity index (χ2n) is 4.54. The van der Waals surface area contributed by atoms with Crippen LogP contribution in [0.3, 0.4) is 0 Å². The van der Waals surface area contributed by atoms with Crippen LogP contribution in [0.2, 0.25) is 0 Å². The average Bonchev–Trinajstić information content (AvgIpc) is 2.27. The van der Waals surface area contributed by atoms with Crippen LogP contribution in [0.15, 0.2) is 18.2 Å². The van der Waals surface area contributed by atoms with Crippen LogP contribution in [0, 0.1) is 17.0 Å². The second kappa shape index (κ2) is 6.06. The molecule has 0 radical (unpaired) electrons. The lowest BCUT2D eigenvalue weighted by atomic mass is 10.1. The summed E-state index contributed by atoms with van der Waals surface area (Å²) in [7, 11) is 0. The maximum absolute atomic E-state index is 10.8. The smallest absolute Gasteiger partial charge is 0.274 e. The van der Waals surface area contributed by atoms with Crippen molar-refractivity contribution in [1.29, 1.82) is 0 Å². The zero-order chi connectivity index (χ0) is 13.8. The van der Waals surface area contributed by atoms with Crippen molar-refractivity contribution in [2.75, 3.05) is 23.9 Å². The molecule has 0 saturated heterocycles. The first kappa shape index (κ1) is 14.8. The number of hydrogen-bond donors (Lipinski definition) is 2. The van der Waals surface area contributed by atoms with Gasteiger partial charge in [0.2, 0.25) is 0 Å². The number of nitrogens with zero attached hydrogens (tertiary/aromatic N) is 1. The van der Waals surface area contributed by atoms with E-state index in [4.69, 9.17) is 0 Å². The van der Waals surface area contributed by atoms with E-state index in [0.717, 1.165) is 0 Å². The molecular weight excluding hydrogens is 252 g/mol. The number of thioether (sulfide) groups is 1. The predicted octanol–water partition coefficient (Wildman–Crippen LogP) is 2.43. The van der Waals surface area contributed by atoms with Crippen molar-refractivity contribution in [3.05, 3.63) is 33.9 Å². The average molecular weight is 270 g/mol. The largest absolute Gasteiger partial charge is 0.387 e. The summed E-state index contributed by atoms with van der Waals surface area (Å²) in [6.45, 7) is 3.79. The molecule has 0 heterocycles. The zero-order valence-electron chi connectivity index (χ0n) is 10.8. The monoisotopic (exact) mass is 270 g/mol. The van der Waals surface area contributed by atoms with Crippen molar-refractivity contribution in [1.82, 2.24) is 0 Å². The standard InChI is InChI=1S/C12H18N2O3S/c1-9-4-5-10(6-11(9)14(16)17)13-7-12(2,15)8-18-3/h4-6,13,15H,7-8H2,1-3H3. The number of rotatable bonds is 6. The van der Waals surface area contributed by atoms with Gasteiger partial charge in [0, 0.05) is 29.6 Å². The summed E-state index contributed by atoms with van der Waals surface area (Å²) in [5.74, 6) is 0.605. The summed E-state index contributed by atoms with van der Waals surface area (Å²) in [5, 5.41) is 23.8. The van der Waals surface area contributed by atoms with Gasteiger partial charge in [0.25, 0.3) is 5.69 Å². The molecule has 1 aromatic rings. The Hall–Kier alpha value is -1.27. The molecule has 0 spiro atoms. The van der Waals surface area contributed by atoms with Crippen LogP contribution in [0.1, 0.15) is 12.5 Å². The number of aliphatic hydroxyl groups is 1. The summed E-state index contributed by atoms with van der Waals surface area (Å²) in [6, 6.07) is 4.96. The summed E-state index contributed by atoms with van der Waals surface area (Å²) < 4.78 is 0. The molecule has 18 heavy (non-hydrogen) atoms. The van der Waals surface area contributed by atoms with Gasteiger partial charge in [-0.2, -0.15) is 11.8 Å². The minimum Gasteiger partial charge on any atom is -0.387 e. The van der Waals surface area contributed by atoms with Gasteiger partial charge >= 0.3 is 0 Å². The number of nitrogens with one attached hydrogen (secondary N) is 1. The zero-order valence-corrected chi connectivity index (χ0v) is 11.6. The van der Waals surface area contributed by atoms with Crippen molar-refractivity contribution >= 4 is 23.1 Å². The quantitative estimate of drug-likeness (QED) is 0.613. The molecule has 0 fully saturated rings. The minimum atomic E-state index is -0.834. The lowest BCUT2D eigenvalue weighted by molar-refractivity contribution is -0.385. The second-order valence-corrected chi connectivity index (χ2v) is 5.41. The van der Waals surface area contributed by atoms with Gasteiger partial charge in [0.1, 0.15) is 0 Å². The van der Waals surface area contributed by atoms with E-state index in [-0.39, 0.29) is 5.69 Å². The highest BCUT2D eigenvalue weighted by Gasteiger charge is 2.19. The Labute approximate surface area is 111 Å². The molecule has 0 amide bonds. The van der Waals surface area contributed by atoms with Crippen molar-refractivity contribution in [2.45, 2.75) is 19.4 Å². The summed E-state index contributed by atoms with van der Waals surface area (Å²) in [5.41, 5.74) is 0.527. The SMILES string of the molecule is CSCC(C)(O)CNc1ccc(C)c([N+](=O)[O-])c1. The molecule has 0 aliphatic rings. The number of hydrogen-bond acceptors (Lipinski definition) is 5. The van der Waals surface area contributed by atoms with Gasteiger partial charge in [-0.25, -0.2) is 0 Å². The van der Waals surface area contributed by atoms with Crippen LogP contribution in [-0.2, 0) is 0 Å². The number of nitro groups is 1. The van der Waals surface area contributed by atoms with Crippen molar-refractivity contribution in [2.24, 2.45) is 0 Å². The third-order valence-electron chi connectivity index (χ3n) is 2.53. The van der Waals surface area contributed by atoms with Gasteiger partial charge in [0.05, 0.1) is 10.5 Å². The first-order chi connectivity index (χ1) is 8.35. The maximum Gasteiger partial charge on any atom is 0.274 e. The Balaban J connectivity index is 2.74. The normalized spacial score (nSPS) is 14.0. The Morgan fingerprint density at radius 3 is 2.78 bits per heavy atom. The molecule has 0 aliphatic heterocycles. The Bertz CT molecular complexity index is 435. The fourth-order valence-corrected chi connectivity index (χ4v) is 2.29. The molecule has 100 valence electrons. The van der Waals surface area contributed by atoms with E-state index in [9.17, 15) is 15.2 Å². The van der Waals surface area contributed by atoms with E-state index in [1.54, 1.807) is 37.7 Å². The van der Waals surface area contributed by atoms with E-state index in [2.05, 4.69) is 5.32 Å². The van der Waals surface area contributed by atoms with Gasteiger partial charge in [-0.15, -0.1) is 0 Å². The van der Waals surface area contributed by atoms with Crippen molar-refractivity contribution in [3.63, 3.8) is 0 Å². The van der Waals surface area contributed by atoms with Crippen molar-refractivity contribution < 1.29 is 10.0 Å². The van der Waals surface area contributed by atoms with Gasteiger partial charge < -0.3 is 10.4 Å². The highest BCUT2D eigenvalue weighted by Crippen LogP contribution is 2.23. The number of anilines is 1. The van der Waals surface area contributed by atoms with Crippen LogP contribution < -0.4 is 5.32 Å². The lowest BCUT2D eigenvalue weighted by Gasteiger charge is -2.23. The van der Waals surface area contributed by atoms with Crippen LogP contribution in [0.25, 0.3) is 0 Å². The molecule has 1 aromatic carbocycles. The van der Waals surface area contributed by atoms with E-state index >= 15 is 0 Å². The van der Waals surface area contributed by atoms with Crippen molar-refractivity contribution in [3.8, 4) is 0 Å². The van der Waals surface area contributed by atoms with E-state index in [1.165, 1.54) is 6.07 Å². The van der Waals surface area contributed by atoms with Gasteiger partial charge in [0.15, 0.2) is 0 Å². The third kappa shape index (κ3) is 4.19. The van der Waals surface area contributed by atoms with E-state index < -0.39 is 10.5 Å². The maximum atomic E-state index is 10.8. The molecule has 0 aliphatic carbocycles. The van der Waals surface area contributed by atoms with Gasteiger partial charge in [-0.3, -0.25) is 10.1 Å². The Morgan fingerprint density at radius 2 is 2.22 bits per heavy atom.